The van der Waals surface area contributed by atoms with Gasteiger partial charge in [0, 0.05) is 39.9 Å². The fourth-order valence-electron chi connectivity index (χ4n) is 2.43. The van der Waals surface area contributed by atoms with Gasteiger partial charge in [0.05, 0.1) is 0 Å². The van der Waals surface area contributed by atoms with Crippen molar-refractivity contribution in [2.45, 2.75) is 50.6 Å². The van der Waals surface area contributed by atoms with Gasteiger partial charge in [-0.25, -0.2) is 0 Å². The van der Waals surface area contributed by atoms with E-state index in [1.165, 1.54) is 37.2 Å². The van der Waals surface area contributed by atoms with Crippen molar-refractivity contribution in [3.8, 4) is 0 Å². The van der Waals surface area contributed by atoms with E-state index in [9.17, 15) is 0 Å². The smallest absolute Gasteiger partial charge is 0.323 e. The second-order valence-corrected chi connectivity index (χ2v) is 17.6. The average Bonchev–Trinajstić information content (AvgIpc) is 2.58. The van der Waals surface area contributed by atoms with Crippen LogP contribution < -0.4 is 0 Å². The summed E-state index contributed by atoms with van der Waals surface area (Å²) in [4.78, 5) is 0. The topological polar surface area (TPSA) is 36.9 Å². The molecule has 0 rings (SSSR count). The minimum absolute atomic E-state index is 0.584. The van der Waals surface area contributed by atoms with Gasteiger partial charge in [-0.05, 0) is 56.4 Å². The van der Waals surface area contributed by atoms with Gasteiger partial charge >= 0.3 is 18.6 Å². The zero-order valence-electron chi connectivity index (χ0n) is 15.8. The highest BCUT2D eigenvalue weighted by Gasteiger charge is 2.19. The second-order valence-electron chi connectivity index (χ2n) is 5.70. The summed E-state index contributed by atoms with van der Waals surface area (Å²) < 4.78 is 21.7. The minimum Gasteiger partial charge on any atom is -0.400 e. The lowest BCUT2D eigenvalue weighted by Crippen LogP contribution is -2.24. The summed E-state index contributed by atoms with van der Waals surface area (Å²) >= 11 is 0. The van der Waals surface area contributed by atoms with E-state index < -0.39 is 18.6 Å². The Balaban J connectivity index is 3.40. The normalized spacial score (nSPS) is 14.5. The van der Waals surface area contributed by atoms with E-state index in [4.69, 9.17) is 17.7 Å². The molecule has 0 aliphatic rings. The van der Waals surface area contributed by atoms with E-state index in [-0.39, 0.29) is 0 Å². The molecule has 146 valence electrons. The molecule has 0 aromatic rings. The van der Waals surface area contributed by atoms with Gasteiger partial charge < -0.3 is 17.7 Å². The lowest BCUT2D eigenvalue weighted by molar-refractivity contribution is 0.264. The van der Waals surface area contributed by atoms with Crippen LogP contribution in [0.4, 0.5) is 0 Å². The van der Waals surface area contributed by atoms with Crippen molar-refractivity contribution in [3.05, 3.63) is 0 Å². The molecule has 0 saturated carbocycles. The molecule has 4 nitrogen and oxygen atoms in total. The Morgan fingerprint density at radius 2 is 1.00 bits per heavy atom. The third kappa shape index (κ3) is 12.9. The molecule has 0 saturated heterocycles. The summed E-state index contributed by atoms with van der Waals surface area (Å²) in [6, 6.07) is 0. The fourth-order valence-corrected chi connectivity index (χ4v) is 11.9. The van der Waals surface area contributed by atoms with Crippen molar-refractivity contribution in [1.82, 2.24) is 0 Å². The second kappa shape index (κ2) is 18.1. The van der Waals surface area contributed by atoms with Crippen molar-refractivity contribution < 1.29 is 17.7 Å². The van der Waals surface area contributed by atoms with Gasteiger partial charge in [0.25, 0.3) is 0 Å². The first-order valence-electron chi connectivity index (χ1n) is 8.29. The highest BCUT2D eigenvalue weighted by Crippen LogP contribution is 2.43. The van der Waals surface area contributed by atoms with Gasteiger partial charge in [0.2, 0.25) is 0 Å². The standard InChI is InChI=1S/C14H34O4S4Si2/c1-13(23(15-3)16-4)9-7-11-19-21-22-20-12-8-10-14(2)24(17-5)18-6/h13-14,23-24H,7-12H2,1-6H3. The molecule has 10 heteroatoms. The Hall–Kier alpha value is 1.67. The van der Waals surface area contributed by atoms with Crippen LogP contribution in [0.3, 0.4) is 0 Å². The van der Waals surface area contributed by atoms with E-state index in [0.717, 1.165) is 0 Å². The molecule has 0 aliphatic carbocycles. The Labute approximate surface area is 167 Å². The van der Waals surface area contributed by atoms with E-state index in [1.807, 2.05) is 41.2 Å². The zero-order chi connectivity index (χ0) is 18.2. The van der Waals surface area contributed by atoms with Crippen LogP contribution in [0.15, 0.2) is 0 Å². The Kier molecular flexibility index (Phi) is 19.3. The lowest BCUT2D eigenvalue weighted by Gasteiger charge is -2.18. The molecule has 0 spiro atoms. The molecule has 2 unspecified atom stereocenters. The van der Waals surface area contributed by atoms with Crippen LogP contribution in [0.1, 0.15) is 39.5 Å². The van der Waals surface area contributed by atoms with Crippen LogP contribution in [0.5, 0.6) is 0 Å². The van der Waals surface area contributed by atoms with Crippen LogP contribution in [-0.4, -0.2) is 58.5 Å². The summed E-state index contributed by atoms with van der Waals surface area (Å²) in [6.07, 6.45) is 4.87. The molecular weight excluding hydrogens is 417 g/mol. The Morgan fingerprint density at radius 1 is 0.667 bits per heavy atom. The highest BCUT2D eigenvalue weighted by atomic mass is 33.7. The van der Waals surface area contributed by atoms with Crippen LogP contribution in [0, 0.1) is 0 Å². The Bertz CT molecular complexity index is 249. The molecule has 0 heterocycles. The molecule has 0 radical (unpaired) electrons. The molecule has 0 amide bonds. The third-order valence-corrected chi connectivity index (χ3v) is 14.8. The highest BCUT2D eigenvalue weighted by molar-refractivity contribution is 9.26. The van der Waals surface area contributed by atoms with Crippen LogP contribution in [0.2, 0.25) is 11.1 Å². The molecule has 0 bridgehead atoms. The predicted octanol–water partition coefficient (Wildman–Crippen LogP) is 5.03. The van der Waals surface area contributed by atoms with Gasteiger partial charge in [-0.15, -0.1) is 0 Å². The summed E-state index contributed by atoms with van der Waals surface area (Å²) in [5.74, 6) is 2.40. The lowest BCUT2D eigenvalue weighted by atomic mass is 10.3. The van der Waals surface area contributed by atoms with E-state index in [0.29, 0.717) is 11.1 Å². The first-order chi connectivity index (χ1) is 11.6. The summed E-state index contributed by atoms with van der Waals surface area (Å²) in [5, 5.41) is 0. The maximum absolute atomic E-state index is 5.42. The zero-order valence-corrected chi connectivity index (χ0v) is 21.4. The van der Waals surface area contributed by atoms with Crippen molar-refractivity contribution >= 4 is 59.8 Å². The average molecular weight is 451 g/mol. The SMILES string of the molecule is CO[SiH](OC)C(C)CCCSSSSCCCC(C)[SiH](OC)OC. The number of rotatable bonds is 17. The van der Waals surface area contributed by atoms with Crippen molar-refractivity contribution in [2.24, 2.45) is 0 Å². The van der Waals surface area contributed by atoms with E-state index >= 15 is 0 Å². The molecule has 24 heavy (non-hydrogen) atoms. The van der Waals surface area contributed by atoms with Gasteiger partial charge in [-0.1, -0.05) is 35.4 Å². The maximum atomic E-state index is 5.42. The molecule has 0 aromatic heterocycles. The monoisotopic (exact) mass is 450 g/mol. The van der Waals surface area contributed by atoms with Gasteiger partial charge in [0.15, 0.2) is 0 Å². The first-order valence-corrected chi connectivity index (χ1v) is 16.7. The van der Waals surface area contributed by atoms with Crippen molar-refractivity contribution in [2.75, 3.05) is 39.9 Å². The van der Waals surface area contributed by atoms with Crippen molar-refractivity contribution in [3.63, 3.8) is 0 Å². The van der Waals surface area contributed by atoms with Crippen molar-refractivity contribution in [1.29, 1.82) is 0 Å². The predicted molar refractivity (Wildman–Crippen MR) is 120 cm³/mol. The largest absolute Gasteiger partial charge is 0.400 e. The van der Waals surface area contributed by atoms with Gasteiger partial charge in [0.1, 0.15) is 0 Å². The number of hydrogen-bond acceptors (Lipinski definition) is 8. The minimum atomic E-state index is -1.43. The molecule has 0 aromatic carbocycles. The molecule has 2 atom stereocenters. The van der Waals surface area contributed by atoms with E-state index in [2.05, 4.69) is 13.8 Å². The van der Waals surface area contributed by atoms with Crippen LogP contribution >= 0.6 is 41.2 Å². The van der Waals surface area contributed by atoms with Gasteiger partial charge in [-0.3, -0.25) is 0 Å². The first kappa shape index (κ1) is 25.7. The number of hydrogen-bond donors (Lipinski definition) is 0. The van der Waals surface area contributed by atoms with Crippen LogP contribution in [-0.2, 0) is 17.7 Å². The fraction of sp³-hybridized carbons (Fsp3) is 1.00. The van der Waals surface area contributed by atoms with Crippen LogP contribution in [0.25, 0.3) is 0 Å². The molecule has 0 aliphatic heterocycles. The molecule has 0 fully saturated rings. The van der Waals surface area contributed by atoms with E-state index in [1.54, 1.807) is 28.4 Å². The molecular formula is C14H34O4S4Si2. The quantitative estimate of drug-likeness (QED) is 0.173. The molecule has 0 N–H and O–H groups in total. The maximum Gasteiger partial charge on any atom is 0.323 e. The summed E-state index contributed by atoms with van der Waals surface area (Å²) in [6.45, 7) is 4.49. The third-order valence-electron chi connectivity index (χ3n) is 3.76. The van der Waals surface area contributed by atoms with Gasteiger partial charge in [-0.2, -0.15) is 0 Å². The summed E-state index contributed by atoms with van der Waals surface area (Å²) in [5.41, 5.74) is 1.17. The Morgan fingerprint density at radius 3 is 1.29 bits per heavy atom. The summed E-state index contributed by atoms with van der Waals surface area (Å²) in [7, 11) is 11.9.